The Balaban J connectivity index is 1.65. The maximum absolute atomic E-state index is 12.7. The van der Waals surface area contributed by atoms with E-state index in [1.807, 2.05) is 39.0 Å². The van der Waals surface area contributed by atoms with E-state index in [1.54, 1.807) is 24.0 Å². The van der Waals surface area contributed by atoms with Gasteiger partial charge in [-0.15, -0.1) is 0 Å². The van der Waals surface area contributed by atoms with E-state index in [0.29, 0.717) is 18.7 Å². The summed E-state index contributed by atoms with van der Waals surface area (Å²) in [6, 6.07) is 11.7. The van der Waals surface area contributed by atoms with Gasteiger partial charge in [0.1, 0.15) is 0 Å². The number of aryl methyl sites for hydroxylation is 2. The van der Waals surface area contributed by atoms with Crippen LogP contribution in [-0.2, 0) is 19.6 Å². The molecule has 3 rings (SSSR count). The van der Waals surface area contributed by atoms with Crippen molar-refractivity contribution in [3.8, 4) is 0 Å². The zero-order valence-electron chi connectivity index (χ0n) is 18.3. The first kappa shape index (κ1) is 23.0. The van der Waals surface area contributed by atoms with Gasteiger partial charge in [0, 0.05) is 30.4 Å². The van der Waals surface area contributed by atoms with Gasteiger partial charge in [-0.3, -0.25) is 9.59 Å². The van der Waals surface area contributed by atoms with Gasteiger partial charge in [-0.05, 0) is 74.7 Å². The third kappa shape index (κ3) is 5.32. The summed E-state index contributed by atoms with van der Waals surface area (Å²) in [6.45, 7) is 8.03. The number of benzene rings is 2. The first-order valence-electron chi connectivity index (χ1n) is 10.4. The smallest absolute Gasteiger partial charge is 0.240 e. The molecule has 31 heavy (non-hydrogen) atoms. The number of anilines is 2. The topological polar surface area (TPSA) is 95.6 Å². The van der Waals surface area contributed by atoms with Crippen molar-refractivity contribution in [2.24, 2.45) is 5.92 Å². The minimum Gasteiger partial charge on any atom is -0.326 e. The van der Waals surface area contributed by atoms with Crippen LogP contribution in [-0.4, -0.2) is 32.8 Å². The van der Waals surface area contributed by atoms with Gasteiger partial charge < -0.3 is 10.2 Å². The summed E-state index contributed by atoms with van der Waals surface area (Å²) in [6.07, 6.45) is 0.830. The summed E-state index contributed by atoms with van der Waals surface area (Å²) in [7, 11) is -3.60. The molecule has 2 atom stereocenters. The monoisotopic (exact) mass is 443 g/mol. The van der Waals surface area contributed by atoms with Gasteiger partial charge in [0.2, 0.25) is 21.8 Å². The highest BCUT2D eigenvalue weighted by Gasteiger charge is 2.35. The van der Waals surface area contributed by atoms with Crippen LogP contribution >= 0.6 is 0 Å². The van der Waals surface area contributed by atoms with Crippen molar-refractivity contribution >= 4 is 33.2 Å². The largest absolute Gasteiger partial charge is 0.326 e. The molecule has 0 saturated carbocycles. The van der Waals surface area contributed by atoms with Crippen molar-refractivity contribution < 1.29 is 18.0 Å². The van der Waals surface area contributed by atoms with E-state index in [4.69, 9.17) is 0 Å². The molecule has 166 valence electrons. The highest BCUT2D eigenvalue weighted by atomic mass is 32.2. The molecule has 1 aliphatic rings. The SMILES string of the molecule is CC[C@H](C)NS(=O)(=O)c1ccc(NC(=O)[C@H]2CC(=O)N(c3ccc(C)c(C)c3)C2)cc1. The van der Waals surface area contributed by atoms with Crippen molar-refractivity contribution in [1.29, 1.82) is 0 Å². The fourth-order valence-corrected chi connectivity index (χ4v) is 4.73. The third-order valence-corrected chi connectivity index (χ3v) is 7.30. The molecule has 7 nitrogen and oxygen atoms in total. The third-order valence-electron chi connectivity index (χ3n) is 5.70. The molecule has 2 aromatic rings. The van der Waals surface area contributed by atoms with Crippen molar-refractivity contribution in [3.63, 3.8) is 0 Å². The molecule has 1 heterocycles. The lowest BCUT2D eigenvalue weighted by Crippen LogP contribution is -2.32. The van der Waals surface area contributed by atoms with Gasteiger partial charge in [0.05, 0.1) is 10.8 Å². The van der Waals surface area contributed by atoms with E-state index in [2.05, 4.69) is 10.0 Å². The molecule has 2 N–H and O–H groups in total. The van der Waals surface area contributed by atoms with Crippen LogP contribution in [0.25, 0.3) is 0 Å². The standard InChI is InChI=1S/C23H29N3O4S/c1-5-17(4)25-31(29,30)21-10-7-19(8-11-21)24-23(28)18-13-22(27)26(14-18)20-9-6-15(2)16(3)12-20/h6-12,17-18,25H,5,13-14H2,1-4H3,(H,24,28)/t17-,18-/m0/s1. The predicted octanol–water partition coefficient (Wildman–Crippen LogP) is 3.37. The van der Waals surface area contributed by atoms with Crippen LogP contribution in [0.15, 0.2) is 47.4 Å². The molecule has 0 radical (unpaired) electrons. The molecule has 2 aromatic carbocycles. The highest BCUT2D eigenvalue weighted by Crippen LogP contribution is 2.27. The van der Waals surface area contributed by atoms with Gasteiger partial charge in [-0.2, -0.15) is 0 Å². The molecule has 8 heteroatoms. The number of hydrogen-bond acceptors (Lipinski definition) is 4. The van der Waals surface area contributed by atoms with E-state index in [1.165, 1.54) is 12.1 Å². The normalized spacial score (nSPS) is 17.6. The number of carbonyl (C=O) groups is 2. The van der Waals surface area contributed by atoms with Gasteiger partial charge in [-0.25, -0.2) is 13.1 Å². The van der Waals surface area contributed by atoms with E-state index in [9.17, 15) is 18.0 Å². The van der Waals surface area contributed by atoms with Crippen LogP contribution < -0.4 is 14.9 Å². The number of rotatable bonds is 7. The summed E-state index contributed by atoms with van der Waals surface area (Å²) >= 11 is 0. The Morgan fingerprint density at radius 3 is 2.42 bits per heavy atom. The average Bonchev–Trinajstić information content (AvgIpc) is 3.12. The van der Waals surface area contributed by atoms with Crippen LogP contribution in [0.2, 0.25) is 0 Å². The maximum atomic E-state index is 12.7. The Hall–Kier alpha value is -2.71. The number of carbonyl (C=O) groups excluding carboxylic acids is 2. The summed E-state index contributed by atoms with van der Waals surface area (Å²) in [4.78, 5) is 27.0. The fourth-order valence-electron chi connectivity index (χ4n) is 3.40. The number of amides is 2. The first-order valence-corrected chi connectivity index (χ1v) is 11.9. The molecule has 1 saturated heterocycles. The minimum absolute atomic E-state index is 0.0824. The van der Waals surface area contributed by atoms with Crippen LogP contribution in [0.4, 0.5) is 11.4 Å². The Morgan fingerprint density at radius 2 is 1.81 bits per heavy atom. The van der Waals surface area contributed by atoms with Gasteiger partial charge in [0.25, 0.3) is 0 Å². The zero-order chi connectivity index (χ0) is 22.8. The lowest BCUT2D eigenvalue weighted by atomic mass is 10.1. The molecule has 2 amide bonds. The van der Waals surface area contributed by atoms with Crippen molar-refractivity contribution in [3.05, 3.63) is 53.6 Å². The molecule has 1 fully saturated rings. The Morgan fingerprint density at radius 1 is 1.13 bits per heavy atom. The quantitative estimate of drug-likeness (QED) is 0.686. The maximum Gasteiger partial charge on any atom is 0.240 e. The molecule has 0 aromatic heterocycles. The lowest BCUT2D eigenvalue weighted by molar-refractivity contribution is -0.122. The number of nitrogens with zero attached hydrogens (tertiary/aromatic N) is 1. The zero-order valence-corrected chi connectivity index (χ0v) is 19.1. The Labute approximate surface area is 183 Å². The Bertz CT molecular complexity index is 1080. The second kappa shape index (κ2) is 9.20. The lowest BCUT2D eigenvalue weighted by Gasteiger charge is -2.18. The molecule has 0 spiro atoms. The summed E-state index contributed by atoms with van der Waals surface area (Å²) in [5.41, 5.74) is 3.53. The second-order valence-corrected chi connectivity index (χ2v) is 9.83. The highest BCUT2D eigenvalue weighted by molar-refractivity contribution is 7.89. The van der Waals surface area contributed by atoms with Gasteiger partial charge in [-0.1, -0.05) is 13.0 Å². The van der Waals surface area contributed by atoms with E-state index < -0.39 is 15.9 Å². The molecule has 0 aliphatic carbocycles. The summed E-state index contributed by atoms with van der Waals surface area (Å²) in [5.74, 6) is -0.807. The number of hydrogen-bond donors (Lipinski definition) is 2. The second-order valence-electron chi connectivity index (χ2n) is 8.12. The summed E-state index contributed by atoms with van der Waals surface area (Å²) < 4.78 is 27.3. The number of nitrogens with one attached hydrogen (secondary N) is 2. The predicted molar refractivity (Wildman–Crippen MR) is 122 cm³/mol. The van der Waals surface area contributed by atoms with Gasteiger partial charge >= 0.3 is 0 Å². The van der Waals surface area contributed by atoms with Crippen molar-refractivity contribution in [1.82, 2.24) is 4.72 Å². The fraction of sp³-hybridized carbons (Fsp3) is 0.391. The molecular formula is C23H29N3O4S. The molecule has 1 aliphatic heterocycles. The van der Waals surface area contributed by atoms with Crippen LogP contribution in [0.3, 0.4) is 0 Å². The van der Waals surface area contributed by atoms with E-state index in [-0.39, 0.29) is 29.2 Å². The van der Waals surface area contributed by atoms with Crippen LogP contribution in [0, 0.1) is 19.8 Å². The molecule has 0 bridgehead atoms. The summed E-state index contributed by atoms with van der Waals surface area (Å²) in [5, 5.41) is 2.79. The number of sulfonamides is 1. The van der Waals surface area contributed by atoms with Crippen molar-refractivity contribution in [2.45, 2.75) is 51.5 Å². The molecular weight excluding hydrogens is 414 g/mol. The van der Waals surface area contributed by atoms with E-state index >= 15 is 0 Å². The van der Waals surface area contributed by atoms with Crippen LogP contribution in [0.1, 0.15) is 37.8 Å². The van der Waals surface area contributed by atoms with Crippen LogP contribution in [0.5, 0.6) is 0 Å². The van der Waals surface area contributed by atoms with Gasteiger partial charge in [0.15, 0.2) is 0 Å². The van der Waals surface area contributed by atoms with E-state index in [0.717, 1.165) is 16.8 Å². The minimum atomic E-state index is -3.60. The molecule has 0 unspecified atom stereocenters. The Kier molecular flexibility index (Phi) is 6.81. The van der Waals surface area contributed by atoms with Crippen molar-refractivity contribution in [2.75, 3.05) is 16.8 Å². The average molecular weight is 444 g/mol. The first-order chi connectivity index (χ1) is 14.6.